The number of benzene rings is 2. The SMILES string of the molecule is COc1ccc(Cc2ccc(C3(O)CCN(CB=O)CC3)cc2)cc1. The molecule has 0 bridgehead atoms. The van der Waals surface area contributed by atoms with Crippen molar-refractivity contribution in [3.05, 3.63) is 65.2 Å². The van der Waals surface area contributed by atoms with Gasteiger partial charge in [0.25, 0.3) is 0 Å². The van der Waals surface area contributed by atoms with Crippen LogP contribution in [-0.2, 0) is 16.7 Å². The molecule has 0 unspecified atom stereocenters. The number of aliphatic hydroxyl groups is 1. The van der Waals surface area contributed by atoms with Gasteiger partial charge < -0.3 is 4.74 Å². The summed E-state index contributed by atoms with van der Waals surface area (Å²) < 4.78 is 15.8. The van der Waals surface area contributed by atoms with Crippen LogP contribution in [0.2, 0.25) is 0 Å². The first-order valence-electron chi connectivity index (χ1n) is 8.74. The third-order valence-electron chi connectivity index (χ3n) is 5.07. The number of rotatable bonds is 6. The Kier molecular flexibility index (Phi) is 5.66. The molecule has 1 fully saturated rings. The summed E-state index contributed by atoms with van der Waals surface area (Å²) in [6.07, 6.45) is 2.64. The number of hydrogen-bond acceptors (Lipinski definition) is 4. The molecule has 1 heterocycles. The van der Waals surface area contributed by atoms with E-state index in [1.807, 2.05) is 24.3 Å². The van der Waals surface area contributed by atoms with Crippen LogP contribution >= 0.6 is 0 Å². The van der Waals surface area contributed by atoms with Crippen molar-refractivity contribution in [2.45, 2.75) is 24.9 Å². The second-order valence-corrected chi connectivity index (χ2v) is 6.72. The number of hydrogen-bond donors (Lipinski definition) is 1. The van der Waals surface area contributed by atoms with Crippen molar-refractivity contribution in [2.24, 2.45) is 0 Å². The number of ether oxygens (including phenoxy) is 1. The van der Waals surface area contributed by atoms with E-state index < -0.39 is 5.60 Å². The molecule has 0 radical (unpaired) electrons. The molecule has 1 N–H and O–H groups in total. The van der Waals surface area contributed by atoms with E-state index in [1.54, 1.807) is 7.11 Å². The summed E-state index contributed by atoms with van der Waals surface area (Å²) in [7, 11) is 2.60. The number of nitrogens with zero attached hydrogens (tertiary/aromatic N) is 1. The molecule has 5 heteroatoms. The predicted octanol–water partition coefficient (Wildman–Crippen LogP) is 2.58. The van der Waals surface area contributed by atoms with Gasteiger partial charge >= 0.3 is 119 Å². The molecule has 0 amide bonds. The van der Waals surface area contributed by atoms with Crippen LogP contribution in [0.5, 0.6) is 5.75 Å². The van der Waals surface area contributed by atoms with Crippen LogP contribution in [0.4, 0.5) is 0 Å². The van der Waals surface area contributed by atoms with Crippen LogP contribution in [0.3, 0.4) is 0 Å². The summed E-state index contributed by atoms with van der Waals surface area (Å²) in [5, 5.41) is 10.9. The van der Waals surface area contributed by atoms with Crippen molar-refractivity contribution in [2.75, 3.05) is 26.6 Å². The summed E-state index contributed by atoms with van der Waals surface area (Å²) >= 11 is 0. The van der Waals surface area contributed by atoms with Gasteiger partial charge in [0.2, 0.25) is 0 Å². The van der Waals surface area contributed by atoms with E-state index in [9.17, 15) is 9.81 Å². The van der Waals surface area contributed by atoms with Gasteiger partial charge in [0, 0.05) is 0 Å². The Balaban J connectivity index is 1.64. The van der Waals surface area contributed by atoms with Gasteiger partial charge in [-0.05, 0) is 12.1 Å². The minimum Gasteiger partial charge on any atom is -0.0197 e. The second kappa shape index (κ2) is 7.94. The van der Waals surface area contributed by atoms with Gasteiger partial charge in [-0.3, -0.25) is 0 Å². The van der Waals surface area contributed by atoms with Crippen molar-refractivity contribution in [1.29, 1.82) is 0 Å². The van der Waals surface area contributed by atoms with Crippen LogP contribution in [-0.4, -0.2) is 43.8 Å². The van der Waals surface area contributed by atoms with Crippen LogP contribution in [0, 0.1) is 0 Å². The monoisotopic (exact) mass is 337 g/mol. The Bertz CT molecular complexity index is 692. The Labute approximate surface area is 149 Å². The Hall–Kier alpha value is -1.98. The van der Waals surface area contributed by atoms with Crippen LogP contribution in [0.1, 0.15) is 29.5 Å². The summed E-state index contributed by atoms with van der Waals surface area (Å²) in [6, 6.07) is 16.3. The van der Waals surface area contributed by atoms with Gasteiger partial charge in [0.05, 0.1) is 7.11 Å². The minimum atomic E-state index is -0.780. The molecule has 0 spiro atoms. The molecule has 0 aliphatic carbocycles. The summed E-state index contributed by atoms with van der Waals surface area (Å²) in [4.78, 5) is 2.08. The zero-order chi connectivity index (χ0) is 17.7. The van der Waals surface area contributed by atoms with E-state index in [1.165, 1.54) is 11.1 Å². The zero-order valence-corrected chi connectivity index (χ0v) is 14.6. The molecule has 25 heavy (non-hydrogen) atoms. The molecular formula is C20H24BNO3. The molecule has 0 saturated carbocycles. The van der Waals surface area contributed by atoms with E-state index in [0.29, 0.717) is 19.3 Å². The van der Waals surface area contributed by atoms with Gasteiger partial charge in [0.15, 0.2) is 0 Å². The van der Waals surface area contributed by atoms with E-state index >= 15 is 0 Å². The Morgan fingerprint density at radius 2 is 1.60 bits per heavy atom. The summed E-state index contributed by atoms with van der Waals surface area (Å²) in [5.41, 5.74) is 2.64. The zero-order valence-electron chi connectivity index (χ0n) is 14.6. The second-order valence-electron chi connectivity index (χ2n) is 6.72. The quantitative estimate of drug-likeness (QED) is 0.823. The third kappa shape index (κ3) is 4.36. The van der Waals surface area contributed by atoms with Crippen LogP contribution < -0.4 is 4.74 Å². The molecule has 2 aromatic carbocycles. The first kappa shape index (κ1) is 17.8. The maximum atomic E-state index is 10.9. The Morgan fingerprint density at radius 3 is 2.12 bits per heavy atom. The standard InChI is InChI=1S/C20H24BNO3/c1-25-19-8-4-17(5-9-19)14-16-2-6-18(7-3-16)20(23)10-12-22(13-11-20)15-21-24/h2-9,23H,10-15H2,1H3. The van der Waals surface area contributed by atoms with E-state index in [0.717, 1.165) is 38.0 Å². The fourth-order valence-corrected chi connectivity index (χ4v) is 3.41. The molecule has 1 aliphatic rings. The van der Waals surface area contributed by atoms with Crippen molar-refractivity contribution in [3.63, 3.8) is 0 Å². The molecular weight excluding hydrogens is 313 g/mol. The van der Waals surface area contributed by atoms with E-state index in [-0.39, 0.29) is 0 Å². The average Bonchev–Trinajstić information content (AvgIpc) is 2.65. The van der Waals surface area contributed by atoms with Gasteiger partial charge in [-0.15, -0.1) is 0 Å². The van der Waals surface area contributed by atoms with Crippen LogP contribution in [0.25, 0.3) is 0 Å². The Morgan fingerprint density at radius 1 is 1.04 bits per heavy atom. The summed E-state index contributed by atoms with van der Waals surface area (Å²) in [5.74, 6) is 0.863. The average molecular weight is 337 g/mol. The number of likely N-dealkylation sites (tertiary alicyclic amines) is 1. The molecule has 0 atom stereocenters. The van der Waals surface area contributed by atoms with E-state index in [4.69, 9.17) is 4.74 Å². The smallest absolute Gasteiger partial charge is 0.0197 e. The molecule has 4 nitrogen and oxygen atoms in total. The maximum absolute atomic E-state index is 10.9. The topological polar surface area (TPSA) is 49.8 Å². The first-order valence-corrected chi connectivity index (χ1v) is 8.74. The fourth-order valence-electron chi connectivity index (χ4n) is 3.41. The van der Waals surface area contributed by atoms with E-state index in [2.05, 4.69) is 29.2 Å². The van der Waals surface area contributed by atoms with Crippen LogP contribution in [0.15, 0.2) is 48.5 Å². The van der Waals surface area contributed by atoms with Gasteiger partial charge in [0.1, 0.15) is 5.75 Å². The van der Waals surface area contributed by atoms with Crippen molar-refractivity contribution in [3.8, 4) is 5.75 Å². The summed E-state index contributed by atoms with van der Waals surface area (Å²) in [6.45, 7) is 1.51. The van der Waals surface area contributed by atoms with Crippen molar-refractivity contribution < 1.29 is 14.5 Å². The van der Waals surface area contributed by atoms with Crippen molar-refractivity contribution in [1.82, 2.24) is 4.90 Å². The number of piperidine rings is 1. The molecule has 130 valence electrons. The predicted molar refractivity (Wildman–Crippen MR) is 98.3 cm³/mol. The van der Waals surface area contributed by atoms with Gasteiger partial charge in [-0.25, -0.2) is 0 Å². The molecule has 0 aromatic heterocycles. The molecule has 1 saturated heterocycles. The fraction of sp³-hybridized carbons (Fsp3) is 0.400. The molecule has 2 aromatic rings. The third-order valence-corrected chi connectivity index (χ3v) is 5.07. The first-order chi connectivity index (χ1) is 12.1. The van der Waals surface area contributed by atoms with Gasteiger partial charge in [-0.1, -0.05) is 0 Å². The van der Waals surface area contributed by atoms with Crippen molar-refractivity contribution >= 4 is 7.15 Å². The molecule has 3 rings (SSSR count). The molecule has 1 aliphatic heterocycles. The normalized spacial score (nSPS) is 17.0. The minimum absolute atomic E-state index is 0.455. The van der Waals surface area contributed by atoms with Gasteiger partial charge in [-0.2, -0.15) is 0 Å². The number of methoxy groups -OCH3 is 1.